The molecule has 0 amide bonds. The highest BCUT2D eigenvalue weighted by Gasteiger charge is 2.30. The standard InChI is InChI=1S/C70H132O17P2/c1-6-9-12-15-17-19-21-22-25-29-32-36-39-44-49-54-68(73)81-60-66(87-70(75)56-51-46-41-37-33-30-27-24-23-26-28-31-34-38-43-47-52-63(4)5)62-85-89(78,79)83-58-64(71)57-82-88(76,77)84-61-65(59-80-67(72)53-48-42-14-11-8-3)86-69(74)55-50-45-40-35-20-18-16-13-10-7-2/h19,21-22,25,63-66,71H,6-18,20,23-24,26-62H2,1-5H3,(H,76,77)(H,78,79)/b21-19-,25-22-/t64-,65+,66+/m0/s1. The van der Waals surface area contributed by atoms with E-state index in [1.54, 1.807) is 0 Å². The van der Waals surface area contributed by atoms with Gasteiger partial charge in [0.15, 0.2) is 12.2 Å². The van der Waals surface area contributed by atoms with Gasteiger partial charge < -0.3 is 33.8 Å². The van der Waals surface area contributed by atoms with Crippen molar-refractivity contribution in [1.29, 1.82) is 0 Å². The van der Waals surface area contributed by atoms with Crippen molar-refractivity contribution in [2.75, 3.05) is 39.6 Å². The van der Waals surface area contributed by atoms with E-state index in [-0.39, 0.29) is 25.7 Å². The third kappa shape index (κ3) is 64.1. The molecule has 0 aliphatic heterocycles. The summed E-state index contributed by atoms with van der Waals surface area (Å²) >= 11 is 0. The number of aliphatic hydroxyl groups excluding tert-OH is 1. The Kier molecular flexibility index (Phi) is 61.2. The van der Waals surface area contributed by atoms with Gasteiger partial charge in [-0.25, -0.2) is 9.13 Å². The van der Waals surface area contributed by atoms with E-state index in [2.05, 4.69) is 58.9 Å². The second-order valence-electron chi connectivity index (χ2n) is 25.1. The number of carbonyl (C=O) groups excluding carboxylic acids is 4. The largest absolute Gasteiger partial charge is 0.472 e. The topological polar surface area (TPSA) is 237 Å². The SMILES string of the molecule is CCCCCC/C=C\C=C/CCCCCCCC(=O)OC[C@H](COP(=O)(O)OC[C@@H](O)COP(=O)(O)OC[C@@H](COC(=O)CCCCCCC)OC(=O)CCCCCCCCCCCC)OC(=O)CCCCCCCCCCCCCCCCCCC(C)C. The van der Waals surface area contributed by atoms with Crippen LogP contribution in [0.3, 0.4) is 0 Å². The van der Waals surface area contributed by atoms with Crippen molar-refractivity contribution in [3.63, 3.8) is 0 Å². The molecule has 3 N–H and O–H groups in total. The first kappa shape index (κ1) is 86.5. The first-order chi connectivity index (χ1) is 43.0. The fourth-order valence-corrected chi connectivity index (χ4v) is 11.7. The van der Waals surface area contributed by atoms with Crippen molar-refractivity contribution in [2.45, 2.75) is 355 Å². The van der Waals surface area contributed by atoms with Crippen LogP contribution in [0.25, 0.3) is 0 Å². The molecule has 0 bridgehead atoms. The molecule has 0 radical (unpaired) electrons. The Morgan fingerprint density at radius 1 is 0.348 bits per heavy atom. The highest BCUT2D eigenvalue weighted by molar-refractivity contribution is 7.47. The molecule has 2 unspecified atom stereocenters. The van der Waals surface area contributed by atoms with Crippen LogP contribution >= 0.6 is 15.6 Å². The number of phosphoric acid groups is 2. The molecule has 0 saturated carbocycles. The zero-order chi connectivity index (χ0) is 65.6. The summed E-state index contributed by atoms with van der Waals surface area (Å²) in [4.78, 5) is 72.2. The van der Waals surface area contributed by atoms with Gasteiger partial charge in [0.1, 0.15) is 19.3 Å². The predicted octanol–water partition coefficient (Wildman–Crippen LogP) is 19.7. The molecule has 0 heterocycles. The first-order valence-corrected chi connectivity index (χ1v) is 38.9. The molecule has 5 atom stereocenters. The molecule has 0 aliphatic rings. The van der Waals surface area contributed by atoms with Crippen molar-refractivity contribution in [1.82, 2.24) is 0 Å². The van der Waals surface area contributed by atoms with E-state index in [1.165, 1.54) is 135 Å². The molecule has 19 heteroatoms. The van der Waals surface area contributed by atoms with Crippen LogP contribution in [0.2, 0.25) is 0 Å². The maximum Gasteiger partial charge on any atom is 0.472 e. The average Bonchev–Trinajstić information content (AvgIpc) is 3.57. The van der Waals surface area contributed by atoms with Gasteiger partial charge in [-0.2, -0.15) is 0 Å². The molecule has 0 aromatic rings. The van der Waals surface area contributed by atoms with Crippen molar-refractivity contribution < 1.29 is 80.2 Å². The number of esters is 4. The van der Waals surface area contributed by atoms with Crippen molar-refractivity contribution in [2.24, 2.45) is 5.92 Å². The van der Waals surface area contributed by atoms with Crippen molar-refractivity contribution in [3.05, 3.63) is 24.3 Å². The van der Waals surface area contributed by atoms with E-state index in [0.717, 1.165) is 121 Å². The number of phosphoric ester groups is 2. The zero-order valence-electron chi connectivity index (χ0n) is 57.0. The Labute approximate surface area is 542 Å². The van der Waals surface area contributed by atoms with Crippen LogP contribution in [0.1, 0.15) is 336 Å². The lowest BCUT2D eigenvalue weighted by Crippen LogP contribution is -2.30. The molecule has 0 rings (SSSR count). The fourth-order valence-electron chi connectivity index (χ4n) is 10.1. The predicted molar refractivity (Wildman–Crippen MR) is 358 cm³/mol. The summed E-state index contributed by atoms with van der Waals surface area (Å²) in [5, 5.41) is 10.5. The van der Waals surface area contributed by atoms with E-state index in [4.69, 9.17) is 37.0 Å². The number of aliphatic hydroxyl groups is 1. The van der Waals surface area contributed by atoms with Gasteiger partial charge in [0.25, 0.3) is 0 Å². The molecule has 0 aromatic heterocycles. The van der Waals surface area contributed by atoms with Gasteiger partial charge >= 0.3 is 39.5 Å². The van der Waals surface area contributed by atoms with E-state index >= 15 is 0 Å². The second kappa shape index (κ2) is 63.0. The van der Waals surface area contributed by atoms with Crippen LogP contribution in [0, 0.1) is 5.92 Å². The van der Waals surface area contributed by atoms with E-state index in [0.29, 0.717) is 25.7 Å². The zero-order valence-corrected chi connectivity index (χ0v) is 58.8. The molecular weight excluding hydrogens is 1170 g/mol. The summed E-state index contributed by atoms with van der Waals surface area (Å²) in [6, 6.07) is 0. The number of hydrogen-bond acceptors (Lipinski definition) is 15. The Bertz CT molecular complexity index is 1810. The highest BCUT2D eigenvalue weighted by atomic mass is 31.2. The molecule has 0 aliphatic carbocycles. The number of allylic oxidation sites excluding steroid dienone is 4. The lowest BCUT2D eigenvalue weighted by Gasteiger charge is -2.21. The third-order valence-corrected chi connectivity index (χ3v) is 17.6. The van der Waals surface area contributed by atoms with E-state index in [9.17, 15) is 43.2 Å². The molecule has 0 fully saturated rings. The maximum absolute atomic E-state index is 13.0. The molecule has 17 nitrogen and oxygen atoms in total. The van der Waals surface area contributed by atoms with Gasteiger partial charge in [0.05, 0.1) is 26.4 Å². The number of rotatable bonds is 68. The first-order valence-electron chi connectivity index (χ1n) is 36.0. The number of ether oxygens (including phenoxy) is 4. The molecular formula is C70H132O17P2. The number of unbranched alkanes of at least 4 members (excludes halogenated alkanes) is 37. The fraction of sp³-hybridized carbons (Fsp3) is 0.886. The van der Waals surface area contributed by atoms with Crippen LogP contribution in [0.4, 0.5) is 0 Å². The lowest BCUT2D eigenvalue weighted by atomic mass is 10.0. The molecule has 0 spiro atoms. The minimum absolute atomic E-state index is 0.101. The molecule has 0 aromatic carbocycles. The Hall–Kier alpha value is -2.46. The smallest absolute Gasteiger partial charge is 0.462 e. The normalized spacial score (nSPS) is 14.3. The Balaban J connectivity index is 5.18. The monoisotopic (exact) mass is 1310 g/mol. The van der Waals surface area contributed by atoms with Crippen LogP contribution in [-0.2, 0) is 65.4 Å². The van der Waals surface area contributed by atoms with Crippen LogP contribution < -0.4 is 0 Å². The van der Waals surface area contributed by atoms with Crippen LogP contribution in [-0.4, -0.2) is 96.7 Å². The molecule has 524 valence electrons. The van der Waals surface area contributed by atoms with Gasteiger partial charge in [-0.05, 0) is 57.3 Å². The van der Waals surface area contributed by atoms with Crippen molar-refractivity contribution in [3.8, 4) is 0 Å². The minimum Gasteiger partial charge on any atom is -0.462 e. The minimum atomic E-state index is -4.96. The number of hydrogen-bond donors (Lipinski definition) is 3. The highest BCUT2D eigenvalue weighted by Crippen LogP contribution is 2.45. The van der Waals surface area contributed by atoms with Gasteiger partial charge in [0.2, 0.25) is 0 Å². The quantitative estimate of drug-likeness (QED) is 0.0169. The summed E-state index contributed by atoms with van der Waals surface area (Å²) in [6.07, 6.45) is 52.6. The third-order valence-electron chi connectivity index (χ3n) is 15.7. The summed E-state index contributed by atoms with van der Waals surface area (Å²) in [7, 11) is -9.90. The summed E-state index contributed by atoms with van der Waals surface area (Å²) in [5.74, 6) is -1.36. The van der Waals surface area contributed by atoms with Crippen LogP contribution in [0.5, 0.6) is 0 Å². The lowest BCUT2D eigenvalue weighted by molar-refractivity contribution is -0.161. The van der Waals surface area contributed by atoms with E-state index in [1.807, 2.05) is 0 Å². The summed E-state index contributed by atoms with van der Waals surface area (Å²) in [6.45, 7) is 7.11. The van der Waals surface area contributed by atoms with Gasteiger partial charge in [0, 0.05) is 25.7 Å². The van der Waals surface area contributed by atoms with Crippen molar-refractivity contribution >= 4 is 39.5 Å². The van der Waals surface area contributed by atoms with Crippen LogP contribution in [0.15, 0.2) is 24.3 Å². The Morgan fingerprint density at radius 3 is 0.921 bits per heavy atom. The summed E-state index contributed by atoms with van der Waals surface area (Å²) < 4.78 is 68.0. The van der Waals surface area contributed by atoms with Gasteiger partial charge in [-0.1, -0.05) is 284 Å². The molecule has 0 saturated heterocycles. The average molecular weight is 1310 g/mol. The molecule has 89 heavy (non-hydrogen) atoms. The van der Waals surface area contributed by atoms with Gasteiger partial charge in [-0.3, -0.25) is 37.3 Å². The van der Waals surface area contributed by atoms with Gasteiger partial charge in [-0.15, -0.1) is 0 Å². The Morgan fingerprint density at radius 2 is 0.607 bits per heavy atom. The maximum atomic E-state index is 13.0. The second-order valence-corrected chi connectivity index (χ2v) is 28.0. The number of carbonyl (C=O) groups is 4. The van der Waals surface area contributed by atoms with E-state index < -0.39 is 97.5 Å². The summed E-state index contributed by atoms with van der Waals surface area (Å²) in [5.41, 5.74) is 0.